The smallest absolute Gasteiger partial charge is 0.124 e. The Morgan fingerprint density at radius 3 is 2.43 bits per heavy atom. The lowest BCUT2D eigenvalue weighted by atomic mass is 9.94. The van der Waals surface area contributed by atoms with Crippen molar-refractivity contribution in [3.63, 3.8) is 0 Å². The summed E-state index contributed by atoms with van der Waals surface area (Å²) < 4.78 is 18.7. The van der Waals surface area contributed by atoms with Crippen LogP contribution in [0.2, 0.25) is 0 Å². The van der Waals surface area contributed by atoms with Gasteiger partial charge in [-0.25, -0.2) is 4.39 Å². The van der Waals surface area contributed by atoms with Crippen molar-refractivity contribution in [3.05, 3.63) is 29.8 Å². The first-order chi connectivity index (χ1) is 6.46. The third-order valence-electron chi connectivity index (χ3n) is 2.21. The Hall–Kier alpha value is -1.09. The van der Waals surface area contributed by atoms with Gasteiger partial charge in [0.05, 0.1) is 13.2 Å². The van der Waals surface area contributed by atoms with Crippen LogP contribution in [-0.4, -0.2) is 12.8 Å². The van der Waals surface area contributed by atoms with Gasteiger partial charge in [0.25, 0.3) is 0 Å². The van der Waals surface area contributed by atoms with Crippen molar-refractivity contribution in [1.82, 2.24) is 0 Å². The number of ether oxygens (including phenoxy) is 1. The SMILES string of the molecule is COc1ccccc1C(N)C(C)(C)F. The zero-order valence-corrected chi connectivity index (χ0v) is 8.75. The number of benzene rings is 1. The normalized spacial score (nSPS) is 13.8. The topological polar surface area (TPSA) is 35.2 Å². The van der Waals surface area contributed by atoms with Crippen molar-refractivity contribution in [2.75, 3.05) is 7.11 Å². The van der Waals surface area contributed by atoms with Crippen LogP contribution in [0.4, 0.5) is 4.39 Å². The van der Waals surface area contributed by atoms with Gasteiger partial charge in [0.15, 0.2) is 0 Å². The van der Waals surface area contributed by atoms with Gasteiger partial charge in [-0.1, -0.05) is 18.2 Å². The molecule has 0 saturated carbocycles. The monoisotopic (exact) mass is 197 g/mol. The second-order valence-electron chi connectivity index (χ2n) is 3.78. The van der Waals surface area contributed by atoms with Gasteiger partial charge < -0.3 is 10.5 Å². The number of halogens is 1. The molecule has 1 rings (SSSR count). The molecule has 0 spiro atoms. The predicted molar refractivity (Wildman–Crippen MR) is 55.1 cm³/mol. The zero-order valence-electron chi connectivity index (χ0n) is 8.75. The molecule has 14 heavy (non-hydrogen) atoms. The molecule has 1 unspecified atom stereocenters. The van der Waals surface area contributed by atoms with Crippen LogP contribution in [-0.2, 0) is 0 Å². The second kappa shape index (κ2) is 3.96. The molecule has 0 radical (unpaired) electrons. The second-order valence-corrected chi connectivity index (χ2v) is 3.78. The van der Waals surface area contributed by atoms with Crippen molar-refractivity contribution in [2.24, 2.45) is 5.73 Å². The maximum atomic E-state index is 13.6. The minimum absolute atomic E-state index is 0.630. The number of methoxy groups -OCH3 is 1. The molecule has 0 aliphatic heterocycles. The highest BCUT2D eigenvalue weighted by Crippen LogP contribution is 2.32. The largest absolute Gasteiger partial charge is 0.496 e. The summed E-state index contributed by atoms with van der Waals surface area (Å²) in [7, 11) is 1.55. The molecule has 0 aliphatic carbocycles. The Morgan fingerprint density at radius 2 is 1.93 bits per heavy atom. The van der Waals surface area contributed by atoms with E-state index >= 15 is 0 Å². The van der Waals surface area contributed by atoms with Crippen LogP contribution in [0.15, 0.2) is 24.3 Å². The highest BCUT2D eigenvalue weighted by Gasteiger charge is 2.28. The summed E-state index contributed by atoms with van der Waals surface area (Å²) in [5, 5.41) is 0. The number of para-hydroxylation sites is 1. The highest BCUT2D eigenvalue weighted by atomic mass is 19.1. The minimum Gasteiger partial charge on any atom is -0.496 e. The third kappa shape index (κ3) is 2.23. The molecule has 0 fully saturated rings. The average molecular weight is 197 g/mol. The molecule has 0 aliphatic rings. The maximum absolute atomic E-state index is 13.6. The van der Waals surface area contributed by atoms with Gasteiger partial charge in [-0.3, -0.25) is 0 Å². The fraction of sp³-hybridized carbons (Fsp3) is 0.455. The number of rotatable bonds is 3. The Bertz CT molecular complexity index is 306. The van der Waals surface area contributed by atoms with Crippen LogP contribution >= 0.6 is 0 Å². The van der Waals surface area contributed by atoms with E-state index in [1.165, 1.54) is 13.8 Å². The number of hydrogen-bond acceptors (Lipinski definition) is 2. The molecule has 2 N–H and O–H groups in total. The van der Waals surface area contributed by atoms with Crippen molar-refractivity contribution >= 4 is 0 Å². The molecule has 1 aromatic carbocycles. The molecule has 1 aromatic rings. The Balaban J connectivity index is 3.06. The fourth-order valence-corrected chi connectivity index (χ4v) is 1.29. The van der Waals surface area contributed by atoms with E-state index < -0.39 is 11.7 Å². The number of alkyl halides is 1. The van der Waals surface area contributed by atoms with E-state index in [-0.39, 0.29) is 0 Å². The van der Waals surface area contributed by atoms with Gasteiger partial charge in [-0.15, -0.1) is 0 Å². The first-order valence-electron chi connectivity index (χ1n) is 4.54. The van der Waals surface area contributed by atoms with Crippen molar-refractivity contribution in [2.45, 2.75) is 25.6 Å². The summed E-state index contributed by atoms with van der Waals surface area (Å²) in [5.41, 5.74) is 5.04. The molecule has 0 saturated heterocycles. The lowest BCUT2D eigenvalue weighted by Gasteiger charge is -2.24. The lowest BCUT2D eigenvalue weighted by molar-refractivity contribution is 0.172. The van der Waals surface area contributed by atoms with E-state index in [1.54, 1.807) is 19.2 Å². The van der Waals surface area contributed by atoms with E-state index in [1.807, 2.05) is 12.1 Å². The van der Waals surface area contributed by atoms with Crippen LogP contribution in [0, 0.1) is 0 Å². The molecule has 3 heteroatoms. The summed E-state index contributed by atoms with van der Waals surface area (Å²) in [6.45, 7) is 2.92. The van der Waals surface area contributed by atoms with Gasteiger partial charge in [0.1, 0.15) is 11.4 Å². The molecule has 0 heterocycles. The summed E-state index contributed by atoms with van der Waals surface area (Å²) in [4.78, 5) is 0. The Morgan fingerprint density at radius 1 is 1.36 bits per heavy atom. The molecule has 0 aromatic heterocycles. The van der Waals surface area contributed by atoms with Crippen molar-refractivity contribution < 1.29 is 9.13 Å². The van der Waals surface area contributed by atoms with Crippen molar-refractivity contribution in [3.8, 4) is 5.75 Å². The summed E-state index contributed by atoms with van der Waals surface area (Å²) >= 11 is 0. The molecule has 78 valence electrons. The predicted octanol–water partition coefficient (Wildman–Crippen LogP) is 2.44. The van der Waals surface area contributed by atoms with Gasteiger partial charge in [-0.2, -0.15) is 0 Å². The standard InChI is InChI=1S/C11H16FNO/c1-11(2,12)10(13)8-6-4-5-7-9(8)14-3/h4-7,10H,13H2,1-3H3. The van der Waals surface area contributed by atoms with Crippen molar-refractivity contribution in [1.29, 1.82) is 0 Å². The molecular formula is C11H16FNO. The summed E-state index contributed by atoms with van der Waals surface area (Å²) in [6.07, 6.45) is 0. The van der Waals surface area contributed by atoms with E-state index in [0.717, 1.165) is 0 Å². The molecule has 0 amide bonds. The van der Waals surface area contributed by atoms with Gasteiger partial charge >= 0.3 is 0 Å². The Labute approximate surface area is 83.9 Å². The zero-order chi connectivity index (χ0) is 10.8. The third-order valence-corrected chi connectivity index (χ3v) is 2.21. The molecule has 1 atom stereocenters. The Kier molecular flexibility index (Phi) is 3.11. The molecule has 0 bridgehead atoms. The number of nitrogens with two attached hydrogens (primary N) is 1. The van der Waals surface area contributed by atoms with Gasteiger partial charge in [-0.05, 0) is 19.9 Å². The van der Waals surface area contributed by atoms with Crippen LogP contribution in [0.1, 0.15) is 25.5 Å². The maximum Gasteiger partial charge on any atom is 0.124 e. The summed E-state index contributed by atoms with van der Waals surface area (Å²) in [6, 6.07) is 6.55. The first-order valence-corrected chi connectivity index (χ1v) is 4.54. The number of hydrogen-bond donors (Lipinski definition) is 1. The van der Waals surface area contributed by atoms with E-state index in [2.05, 4.69) is 0 Å². The van der Waals surface area contributed by atoms with Crippen LogP contribution in [0.25, 0.3) is 0 Å². The van der Waals surface area contributed by atoms with E-state index in [0.29, 0.717) is 11.3 Å². The van der Waals surface area contributed by atoms with Crippen LogP contribution < -0.4 is 10.5 Å². The van der Waals surface area contributed by atoms with Gasteiger partial charge in [0.2, 0.25) is 0 Å². The highest BCUT2D eigenvalue weighted by molar-refractivity contribution is 5.36. The lowest BCUT2D eigenvalue weighted by Crippen LogP contribution is -2.31. The van der Waals surface area contributed by atoms with E-state index in [4.69, 9.17) is 10.5 Å². The average Bonchev–Trinajstić information content (AvgIpc) is 2.15. The minimum atomic E-state index is -1.45. The quantitative estimate of drug-likeness (QED) is 0.807. The van der Waals surface area contributed by atoms with E-state index in [9.17, 15) is 4.39 Å². The van der Waals surface area contributed by atoms with Crippen LogP contribution in [0.5, 0.6) is 5.75 Å². The summed E-state index contributed by atoms with van der Waals surface area (Å²) in [5.74, 6) is 0.630. The molecular weight excluding hydrogens is 181 g/mol. The first kappa shape index (κ1) is 11.0. The van der Waals surface area contributed by atoms with Crippen LogP contribution in [0.3, 0.4) is 0 Å². The van der Waals surface area contributed by atoms with Gasteiger partial charge in [0, 0.05) is 5.56 Å². The fourth-order valence-electron chi connectivity index (χ4n) is 1.29. The molecule has 2 nitrogen and oxygen atoms in total.